The van der Waals surface area contributed by atoms with E-state index in [-0.39, 0.29) is 43.3 Å². The number of nitrogens with one attached hydrogen (secondary N) is 2. The number of fused-ring (bicyclic) bond motifs is 2. The minimum absolute atomic E-state index is 0.0124. The number of aliphatic hydroxyl groups is 2. The van der Waals surface area contributed by atoms with Gasteiger partial charge in [0, 0.05) is 46.9 Å². The van der Waals surface area contributed by atoms with Crippen molar-refractivity contribution in [2.45, 2.75) is 44.5 Å². The molecule has 0 unspecified atom stereocenters. The summed E-state index contributed by atoms with van der Waals surface area (Å²) < 4.78 is 0. The zero-order valence-corrected chi connectivity index (χ0v) is 30.4. The van der Waals surface area contributed by atoms with E-state index >= 15 is 0 Å². The zero-order chi connectivity index (χ0) is 38.5. The maximum absolute atomic E-state index is 14.5. The van der Waals surface area contributed by atoms with Crippen LogP contribution in [0.3, 0.4) is 0 Å². The molecule has 10 heteroatoms. The molecule has 0 fully saturated rings. The molecule has 2 aliphatic rings. The Morgan fingerprint density at radius 3 is 2.07 bits per heavy atom. The molecule has 7 rings (SSSR count). The van der Waals surface area contributed by atoms with Crippen LogP contribution in [0.2, 0.25) is 0 Å². The van der Waals surface area contributed by atoms with Crippen molar-refractivity contribution in [3.05, 3.63) is 173 Å². The minimum Gasteiger partial charge on any atom is -0.394 e. The lowest BCUT2D eigenvalue weighted by atomic mass is 9.82. The summed E-state index contributed by atoms with van der Waals surface area (Å²) in [6.07, 6.45) is 3.91. The first-order chi connectivity index (χ1) is 26.6. The summed E-state index contributed by atoms with van der Waals surface area (Å²) in [6.45, 7) is 2.04. The fourth-order valence-electron chi connectivity index (χ4n) is 7.37. The maximum atomic E-state index is 14.5. The van der Waals surface area contributed by atoms with Crippen LogP contribution in [-0.2, 0) is 34.7 Å². The monoisotopic (exact) mass is 734 g/mol. The second-order valence-electron chi connectivity index (χ2n) is 14.0. The van der Waals surface area contributed by atoms with E-state index in [2.05, 4.69) is 10.6 Å². The van der Waals surface area contributed by atoms with Gasteiger partial charge in [-0.3, -0.25) is 19.2 Å². The number of aliphatic hydroxyl groups excluding tert-OH is 1. The van der Waals surface area contributed by atoms with E-state index in [1.165, 1.54) is 4.90 Å². The average Bonchev–Trinajstić information content (AvgIpc) is 3.42. The van der Waals surface area contributed by atoms with E-state index in [1.807, 2.05) is 42.5 Å². The molecule has 5 aromatic carbocycles. The Morgan fingerprint density at radius 1 is 0.800 bits per heavy atom. The Bertz CT molecular complexity index is 2260. The lowest BCUT2D eigenvalue weighted by Gasteiger charge is -2.36. The van der Waals surface area contributed by atoms with Crippen molar-refractivity contribution in [2.75, 3.05) is 22.1 Å². The predicted molar refractivity (Wildman–Crippen MR) is 211 cm³/mol. The first-order valence-electron chi connectivity index (χ1n) is 18.3. The Balaban J connectivity index is 1.14. The van der Waals surface area contributed by atoms with Crippen LogP contribution in [0.25, 0.3) is 0 Å². The van der Waals surface area contributed by atoms with Crippen LogP contribution in [0.5, 0.6) is 0 Å². The number of hydrogen-bond donors (Lipinski definition) is 4. The van der Waals surface area contributed by atoms with Crippen LogP contribution in [-0.4, -0.2) is 51.4 Å². The molecule has 4 N–H and O–H groups in total. The van der Waals surface area contributed by atoms with Gasteiger partial charge in [0.05, 0.1) is 24.9 Å². The number of hydrogen-bond acceptors (Lipinski definition) is 6. The van der Waals surface area contributed by atoms with Crippen LogP contribution < -0.4 is 15.5 Å². The molecule has 0 saturated heterocycles. The Labute approximate surface area is 319 Å². The first kappa shape index (κ1) is 37.0. The van der Waals surface area contributed by atoms with Crippen LogP contribution in [0.15, 0.2) is 140 Å². The van der Waals surface area contributed by atoms with Gasteiger partial charge in [0.15, 0.2) is 5.60 Å². The lowest BCUT2D eigenvalue weighted by molar-refractivity contribution is -0.139. The summed E-state index contributed by atoms with van der Waals surface area (Å²) in [5, 5.41) is 28.4. The Morgan fingerprint density at radius 2 is 1.42 bits per heavy atom. The molecule has 0 radical (unpaired) electrons. The fraction of sp³-hybridized carbons (Fsp3) is 0.200. The summed E-state index contributed by atoms with van der Waals surface area (Å²) in [5.74, 6) is -2.13. The number of nitrogens with zero attached hydrogens (tertiary/aromatic N) is 2. The second-order valence-corrected chi connectivity index (χ2v) is 14.0. The molecular weight excluding hydrogens is 693 g/mol. The highest BCUT2D eigenvalue weighted by molar-refractivity contribution is 6.09. The van der Waals surface area contributed by atoms with Gasteiger partial charge in [-0.25, -0.2) is 0 Å². The summed E-state index contributed by atoms with van der Waals surface area (Å²) in [6, 6.07) is 37.3. The highest BCUT2D eigenvalue weighted by atomic mass is 16.3. The maximum Gasteiger partial charge on any atom is 0.264 e. The number of rotatable bonds is 11. The topological polar surface area (TPSA) is 139 Å². The third-order valence-electron chi connectivity index (χ3n) is 10.4. The van der Waals surface area contributed by atoms with Crippen LogP contribution in [0, 0.1) is 5.92 Å². The van der Waals surface area contributed by atoms with Crippen molar-refractivity contribution in [2.24, 2.45) is 5.92 Å². The zero-order valence-electron chi connectivity index (χ0n) is 30.4. The summed E-state index contributed by atoms with van der Waals surface area (Å²) in [4.78, 5) is 57.1. The fourth-order valence-corrected chi connectivity index (χ4v) is 7.37. The van der Waals surface area contributed by atoms with Crippen molar-refractivity contribution in [1.29, 1.82) is 0 Å². The van der Waals surface area contributed by atoms with E-state index in [1.54, 1.807) is 109 Å². The van der Waals surface area contributed by atoms with Gasteiger partial charge in [0.25, 0.3) is 17.7 Å². The molecule has 0 aliphatic carbocycles. The molecule has 10 nitrogen and oxygen atoms in total. The number of carbonyl (C=O) groups excluding carboxylic acids is 4. The van der Waals surface area contributed by atoms with Gasteiger partial charge in [-0.05, 0) is 77.7 Å². The van der Waals surface area contributed by atoms with Gasteiger partial charge in [-0.15, -0.1) is 0 Å². The molecule has 0 bridgehead atoms. The largest absolute Gasteiger partial charge is 0.394 e. The molecule has 3 atom stereocenters. The highest BCUT2D eigenvalue weighted by Gasteiger charge is 2.52. The quantitative estimate of drug-likeness (QED) is 0.115. The third kappa shape index (κ3) is 7.68. The molecule has 4 amide bonds. The highest BCUT2D eigenvalue weighted by Crippen LogP contribution is 2.47. The molecule has 2 aliphatic heterocycles. The minimum atomic E-state index is -2.04. The van der Waals surface area contributed by atoms with Crippen molar-refractivity contribution in [1.82, 2.24) is 4.90 Å². The molecule has 278 valence electrons. The summed E-state index contributed by atoms with van der Waals surface area (Å²) in [7, 11) is 0. The molecular formula is C45H42N4O6. The van der Waals surface area contributed by atoms with Gasteiger partial charge in [0.1, 0.15) is 0 Å². The number of carbonyl (C=O) groups is 4. The van der Waals surface area contributed by atoms with Gasteiger partial charge in [-0.1, -0.05) is 91.9 Å². The third-order valence-corrected chi connectivity index (χ3v) is 10.4. The van der Waals surface area contributed by atoms with Crippen LogP contribution in [0.4, 0.5) is 17.1 Å². The first-order valence-corrected chi connectivity index (χ1v) is 18.3. The van der Waals surface area contributed by atoms with Gasteiger partial charge in [-0.2, -0.15) is 0 Å². The second kappa shape index (κ2) is 15.9. The molecule has 0 spiro atoms. The molecule has 0 aromatic heterocycles. The van der Waals surface area contributed by atoms with Gasteiger partial charge >= 0.3 is 0 Å². The van der Waals surface area contributed by atoms with E-state index in [0.717, 1.165) is 11.1 Å². The number of amides is 4. The standard InChI is InChI=1S/C45H42N4O6/c1-30(12-10-21-41(51)48-28-35-19-9-8-18-34(35)25-38(48)29-50)45(55)39-26-37(47-43(53)33-16-6-3-7-17-33)22-23-40(39)49(44(45)54)27-31-13-11-20-36(24-31)46-42(52)32-14-4-2-5-15-32/h2-20,22-24,26,30,38,50,55H,21,25,27-29H2,1H3,(H,46,52)(H,47,53)/b12-10+/t30-,38-,45+/m0/s1. The Hall–Kier alpha value is -6.36. The Kier molecular flexibility index (Phi) is 10.7. The molecule has 5 aromatic rings. The summed E-state index contributed by atoms with van der Waals surface area (Å²) >= 11 is 0. The van der Waals surface area contributed by atoms with Gasteiger partial charge < -0.3 is 30.6 Å². The molecule has 2 heterocycles. The SMILES string of the molecule is C[C@@H](/C=C/CC(=O)N1Cc2ccccc2C[C@H]1CO)[C@]1(O)C(=O)N(Cc2cccc(NC(=O)c3ccccc3)c2)c2ccc(NC(=O)c3ccccc3)cc21. The smallest absolute Gasteiger partial charge is 0.264 e. The van der Waals surface area contributed by atoms with E-state index in [9.17, 15) is 29.4 Å². The molecule has 0 saturated carbocycles. The van der Waals surface area contributed by atoms with Crippen molar-refractivity contribution in [3.8, 4) is 0 Å². The number of benzene rings is 5. The van der Waals surface area contributed by atoms with Crippen LogP contribution >= 0.6 is 0 Å². The number of anilines is 3. The van der Waals surface area contributed by atoms with Crippen molar-refractivity contribution in [3.63, 3.8) is 0 Å². The van der Waals surface area contributed by atoms with Crippen LogP contribution in [0.1, 0.15) is 56.3 Å². The summed E-state index contributed by atoms with van der Waals surface area (Å²) in [5.41, 5.74) is 3.53. The average molecular weight is 735 g/mol. The van der Waals surface area contributed by atoms with Crippen molar-refractivity contribution >= 4 is 40.7 Å². The van der Waals surface area contributed by atoms with Crippen molar-refractivity contribution < 1.29 is 29.4 Å². The lowest BCUT2D eigenvalue weighted by Crippen LogP contribution is -2.46. The van der Waals surface area contributed by atoms with Gasteiger partial charge in [0.2, 0.25) is 5.91 Å². The van der Waals surface area contributed by atoms with E-state index < -0.39 is 17.4 Å². The molecule has 55 heavy (non-hydrogen) atoms. The van der Waals surface area contributed by atoms with E-state index in [0.29, 0.717) is 52.3 Å². The predicted octanol–water partition coefficient (Wildman–Crippen LogP) is 6.45. The van der Waals surface area contributed by atoms with E-state index in [4.69, 9.17) is 0 Å². The normalized spacial score (nSPS) is 18.1.